The fourth-order valence-electron chi connectivity index (χ4n) is 2.00. The van der Waals surface area contributed by atoms with E-state index in [9.17, 15) is 9.90 Å². The zero-order valence-electron chi connectivity index (χ0n) is 12.7. The van der Waals surface area contributed by atoms with E-state index in [1.54, 1.807) is 27.7 Å². The highest BCUT2D eigenvalue weighted by atomic mass is 17.2. The molecule has 0 saturated carbocycles. The topological polar surface area (TPSA) is 76.0 Å². The third kappa shape index (κ3) is 8.18. The molecule has 5 nitrogen and oxygen atoms in total. The van der Waals surface area contributed by atoms with Crippen molar-refractivity contribution in [2.75, 3.05) is 0 Å². The van der Waals surface area contributed by atoms with Gasteiger partial charge < -0.3 is 10.2 Å². The van der Waals surface area contributed by atoms with Crippen LogP contribution < -0.4 is 0 Å². The molecule has 2 N–H and O–H groups in total. The zero-order chi connectivity index (χ0) is 15.1. The van der Waals surface area contributed by atoms with Crippen molar-refractivity contribution in [2.45, 2.75) is 78.1 Å². The maximum absolute atomic E-state index is 11.2. The van der Waals surface area contributed by atoms with E-state index in [1.807, 2.05) is 6.92 Å². The standard InChI is InChI=1S/C14H28O5/c1-6-7-8-12(13(16)17)11(3)18-19-14(4,5)9-10(2)15/h10-12,15H,6-9H2,1-5H3,(H,16,17). The number of hydrogen-bond donors (Lipinski definition) is 2. The summed E-state index contributed by atoms with van der Waals surface area (Å²) in [5.41, 5.74) is -0.643. The molecule has 0 heterocycles. The lowest BCUT2D eigenvalue weighted by Gasteiger charge is -2.28. The fourth-order valence-corrected chi connectivity index (χ4v) is 2.00. The van der Waals surface area contributed by atoms with Crippen LogP contribution in [0, 0.1) is 5.92 Å². The molecule has 5 heteroatoms. The molecule has 0 aliphatic carbocycles. The molecule has 0 aliphatic rings. The van der Waals surface area contributed by atoms with Crippen molar-refractivity contribution >= 4 is 5.97 Å². The Morgan fingerprint density at radius 3 is 2.32 bits per heavy atom. The van der Waals surface area contributed by atoms with Crippen molar-refractivity contribution < 1.29 is 24.8 Å². The Balaban J connectivity index is 4.32. The fraction of sp³-hybridized carbons (Fsp3) is 0.929. The van der Waals surface area contributed by atoms with Crippen LogP contribution in [0.5, 0.6) is 0 Å². The van der Waals surface area contributed by atoms with Gasteiger partial charge in [-0.25, -0.2) is 9.78 Å². The minimum absolute atomic E-state index is 0.423. The minimum Gasteiger partial charge on any atom is -0.481 e. The molecule has 0 fully saturated rings. The van der Waals surface area contributed by atoms with E-state index in [0.29, 0.717) is 12.8 Å². The molecule has 0 spiro atoms. The van der Waals surface area contributed by atoms with Crippen molar-refractivity contribution in [3.8, 4) is 0 Å². The molecule has 0 aromatic rings. The summed E-state index contributed by atoms with van der Waals surface area (Å²) >= 11 is 0. The molecule has 3 atom stereocenters. The second-order valence-corrected chi connectivity index (χ2v) is 5.78. The summed E-state index contributed by atoms with van der Waals surface area (Å²) < 4.78 is 0. The van der Waals surface area contributed by atoms with Gasteiger partial charge in [-0.3, -0.25) is 4.79 Å². The zero-order valence-corrected chi connectivity index (χ0v) is 12.7. The maximum Gasteiger partial charge on any atom is 0.309 e. The summed E-state index contributed by atoms with van der Waals surface area (Å²) in [6, 6.07) is 0. The van der Waals surface area contributed by atoms with Crippen molar-refractivity contribution in [1.29, 1.82) is 0 Å². The number of carboxylic acid groups (broad SMARTS) is 1. The van der Waals surface area contributed by atoms with Gasteiger partial charge in [0.1, 0.15) is 11.7 Å². The minimum atomic E-state index is -0.863. The van der Waals surface area contributed by atoms with Gasteiger partial charge in [-0.1, -0.05) is 19.8 Å². The maximum atomic E-state index is 11.2. The number of unbranched alkanes of at least 4 members (excludes halogenated alkanes) is 1. The Morgan fingerprint density at radius 2 is 1.89 bits per heavy atom. The van der Waals surface area contributed by atoms with Gasteiger partial charge in [0.2, 0.25) is 0 Å². The lowest BCUT2D eigenvalue weighted by Crippen LogP contribution is -2.34. The number of carboxylic acids is 1. The number of rotatable bonds is 10. The van der Waals surface area contributed by atoms with Crippen LogP contribution in [0.1, 0.15) is 60.3 Å². The molecule has 114 valence electrons. The normalized spacial score (nSPS) is 16.9. The first-order valence-electron chi connectivity index (χ1n) is 6.95. The lowest BCUT2D eigenvalue weighted by molar-refractivity contribution is -0.383. The van der Waals surface area contributed by atoms with Gasteiger partial charge in [-0.05, 0) is 34.1 Å². The first-order valence-corrected chi connectivity index (χ1v) is 6.95. The summed E-state index contributed by atoms with van der Waals surface area (Å²) in [6.07, 6.45) is 1.79. The molecule has 0 rings (SSSR count). The molecular weight excluding hydrogens is 248 g/mol. The van der Waals surface area contributed by atoms with Crippen LogP contribution >= 0.6 is 0 Å². The summed E-state index contributed by atoms with van der Waals surface area (Å²) in [5, 5.41) is 18.5. The lowest BCUT2D eigenvalue weighted by atomic mass is 9.97. The predicted molar refractivity (Wildman–Crippen MR) is 72.7 cm³/mol. The number of hydrogen-bond acceptors (Lipinski definition) is 4. The Labute approximate surface area is 115 Å². The highest BCUT2D eigenvalue weighted by Crippen LogP contribution is 2.22. The quantitative estimate of drug-likeness (QED) is 0.474. The Morgan fingerprint density at radius 1 is 1.32 bits per heavy atom. The molecule has 0 aromatic heterocycles. The van der Waals surface area contributed by atoms with E-state index in [-0.39, 0.29) is 0 Å². The Bertz CT molecular complexity index is 263. The van der Waals surface area contributed by atoms with Crippen LogP contribution in [0.25, 0.3) is 0 Å². The monoisotopic (exact) mass is 276 g/mol. The summed E-state index contributed by atoms with van der Waals surface area (Å²) in [5.74, 6) is -1.43. The second-order valence-electron chi connectivity index (χ2n) is 5.78. The molecule has 0 aliphatic heterocycles. The van der Waals surface area contributed by atoms with E-state index in [0.717, 1.165) is 12.8 Å². The summed E-state index contributed by atoms with van der Waals surface area (Å²) in [4.78, 5) is 21.7. The second kappa shape index (κ2) is 8.51. The van der Waals surface area contributed by atoms with Crippen LogP contribution in [0.3, 0.4) is 0 Å². The third-order valence-corrected chi connectivity index (χ3v) is 2.96. The van der Waals surface area contributed by atoms with Crippen LogP contribution in [-0.2, 0) is 14.6 Å². The average molecular weight is 276 g/mol. The van der Waals surface area contributed by atoms with E-state index < -0.39 is 29.7 Å². The number of aliphatic hydroxyl groups excluding tert-OH is 1. The van der Waals surface area contributed by atoms with Crippen LogP contribution in [-0.4, -0.2) is 34.0 Å². The molecule has 19 heavy (non-hydrogen) atoms. The molecule has 0 saturated heterocycles. The predicted octanol–water partition coefficient (Wildman–Crippen LogP) is 2.76. The largest absolute Gasteiger partial charge is 0.481 e. The van der Waals surface area contributed by atoms with E-state index in [1.165, 1.54) is 0 Å². The van der Waals surface area contributed by atoms with Crippen LogP contribution in [0.15, 0.2) is 0 Å². The van der Waals surface area contributed by atoms with Gasteiger partial charge >= 0.3 is 5.97 Å². The van der Waals surface area contributed by atoms with E-state index in [4.69, 9.17) is 14.9 Å². The van der Waals surface area contributed by atoms with Gasteiger partial charge in [-0.15, -0.1) is 0 Å². The van der Waals surface area contributed by atoms with E-state index in [2.05, 4.69) is 0 Å². The molecule has 0 aromatic carbocycles. The van der Waals surface area contributed by atoms with Gasteiger partial charge in [0.05, 0.1) is 12.0 Å². The third-order valence-electron chi connectivity index (χ3n) is 2.96. The number of carbonyl (C=O) groups is 1. The highest BCUT2D eigenvalue weighted by molar-refractivity contribution is 5.70. The molecule has 0 radical (unpaired) electrons. The number of aliphatic carboxylic acids is 1. The first kappa shape index (κ1) is 18.4. The van der Waals surface area contributed by atoms with E-state index >= 15 is 0 Å². The summed E-state index contributed by atoms with van der Waals surface area (Å²) in [7, 11) is 0. The Kier molecular flexibility index (Phi) is 8.22. The first-order chi connectivity index (χ1) is 8.69. The highest BCUT2D eigenvalue weighted by Gasteiger charge is 2.29. The van der Waals surface area contributed by atoms with Crippen LogP contribution in [0.4, 0.5) is 0 Å². The SMILES string of the molecule is CCCCC(C(=O)O)C(C)OOC(C)(C)CC(C)O. The molecule has 0 amide bonds. The summed E-state index contributed by atoms with van der Waals surface area (Å²) in [6.45, 7) is 9.00. The van der Waals surface area contributed by atoms with Crippen LogP contribution in [0.2, 0.25) is 0 Å². The van der Waals surface area contributed by atoms with Gasteiger partial charge in [0, 0.05) is 6.42 Å². The van der Waals surface area contributed by atoms with Gasteiger partial charge in [-0.2, -0.15) is 0 Å². The van der Waals surface area contributed by atoms with Gasteiger partial charge in [0.25, 0.3) is 0 Å². The molecular formula is C14H28O5. The Hall–Kier alpha value is -0.650. The average Bonchev–Trinajstić information content (AvgIpc) is 2.25. The number of aliphatic hydroxyl groups is 1. The van der Waals surface area contributed by atoms with Crippen molar-refractivity contribution in [1.82, 2.24) is 0 Å². The van der Waals surface area contributed by atoms with Crippen molar-refractivity contribution in [3.05, 3.63) is 0 Å². The molecule has 0 bridgehead atoms. The van der Waals surface area contributed by atoms with Gasteiger partial charge in [0.15, 0.2) is 0 Å². The smallest absolute Gasteiger partial charge is 0.309 e. The molecule has 3 unspecified atom stereocenters. The van der Waals surface area contributed by atoms with Crippen molar-refractivity contribution in [2.24, 2.45) is 5.92 Å². The van der Waals surface area contributed by atoms with Crippen molar-refractivity contribution in [3.63, 3.8) is 0 Å².